The van der Waals surface area contributed by atoms with Crippen LogP contribution in [0.4, 0.5) is 13.2 Å². The molecule has 2 N–H and O–H groups in total. The first kappa shape index (κ1) is 14.8. The lowest BCUT2D eigenvalue weighted by Gasteiger charge is -2.33. The lowest BCUT2D eigenvalue weighted by molar-refractivity contribution is -0.183. The van der Waals surface area contributed by atoms with Crippen molar-refractivity contribution in [3.05, 3.63) is 0 Å². The van der Waals surface area contributed by atoms with Gasteiger partial charge in [-0.2, -0.15) is 13.2 Å². The van der Waals surface area contributed by atoms with Gasteiger partial charge in [-0.3, -0.25) is 0 Å². The molecule has 1 aliphatic rings. The van der Waals surface area contributed by atoms with Gasteiger partial charge in [0.1, 0.15) is 0 Å². The highest BCUT2D eigenvalue weighted by Gasteiger charge is 2.42. The monoisotopic (exact) mass is 253 g/mol. The summed E-state index contributed by atoms with van der Waals surface area (Å²) >= 11 is 0. The highest BCUT2D eigenvalue weighted by atomic mass is 19.4. The van der Waals surface area contributed by atoms with Crippen LogP contribution in [0.1, 0.15) is 45.4 Å². The largest absolute Gasteiger partial charge is 0.396 e. The minimum atomic E-state index is -4.06. The van der Waals surface area contributed by atoms with Gasteiger partial charge in [-0.25, -0.2) is 0 Å². The van der Waals surface area contributed by atoms with Crippen LogP contribution in [0.25, 0.3) is 0 Å². The lowest BCUT2D eigenvalue weighted by atomic mass is 9.85. The molecule has 0 amide bonds. The number of rotatable bonds is 5. The molecule has 1 rings (SSSR count). The SMILES string of the molecule is CCC(CCO)NC1CCCC(C(F)(F)F)C1. The van der Waals surface area contributed by atoms with Crippen LogP contribution < -0.4 is 5.32 Å². The van der Waals surface area contributed by atoms with Gasteiger partial charge >= 0.3 is 6.18 Å². The third-order valence-corrected chi connectivity index (χ3v) is 3.58. The second-order valence-corrected chi connectivity index (χ2v) is 4.89. The van der Waals surface area contributed by atoms with Gasteiger partial charge in [0.25, 0.3) is 0 Å². The van der Waals surface area contributed by atoms with Crippen molar-refractivity contribution in [1.82, 2.24) is 5.32 Å². The van der Waals surface area contributed by atoms with E-state index in [-0.39, 0.29) is 31.5 Å². The molecule has 0 aromatic carbocycles. The molecule has 0 aromatic rings. The van der Waals surface area contributed by atoms with Crippen molar-refractivity contribution in [2.24, 2.45) is 5.92 Å². The van der Waals surface area contributed by atoms with E-state index in [1.165, 1.54) is 0 Å². The summed E-state index contributed by atoms with van der Waals surface area (Å²) in [7, 11) is 0. The van der Waals surface area contributed by atoms with Crippen molar-refractivity contribution in [2.45, 2.75) is 63.7 Å². The lowest BCUT2D eigenvalue weighted by Crippen LogP contribution is -2.43. The zero-order valence-corrected chi connectivity index (χ0v) is 10.3. The Morgan fingerprint density at radius 3 is 2.59 bits per heavy atom. The van der Waals surface area contributed by atoms with Crippen molar-refractivity contribution >= 4 is 0 Å². The number of aliphatic hydroxyl groups is 1. The molecule has 1 aliphatic carbocycles. The van der Waals surface area contributed by atoms with E-state index in [0.717, 1.165) is 12.8 Å². The second-order valence-electron chi connectivity index (χ2n) is 4.89. The van der Waals surface area contributed by atoms with Crippen molar-refractivity contribution in [1.29, 1.82) is 0 Å². The van der Waals surface area contributed by atoms with Gasteiger partial charge in [0.05, 0.1) is 5.92 Å². The molecule has 0 saturated heterocycles. The summed E-state index contributed by atoms with van der Waals surface area (Å²) in [6, 6.07) is 0.0869. The summed E-state index contributed by atoms with van der Waals surface area (Å²) in [6.07, 6.45) is -0.702. The molecule has 3 atom stereocenters. The minimum absolute atomic E-state index is 0.0492. The molecular weight excluding hydrogens is 231 g/mol. The van der Waals surface area contributed by atoms with Crippen LogP contribution in [-0.4, -0.2) is 30.0 Å². The van der Waals surface area contributed by atoms with Gasteiger partial charge in [0.15, 0.2) is 0 Å². The van der Waals surface area contributed by atoms with Crippen LogP contribution in [0, 0.1) is 5.92 Å². The first-order chi connectivity index (χ1) is 7.97. The van der Waals surface area contributed by atoms with Gasteiger partial charge in [-0.05, 0) is 32.1 Å². The topological polar surface area (TPSA) is 32.3 Å². The predicted octanol–water partition coefficient (Wildman–Crippen LogP) is 2.86. The standard InChI is InChI=1S/C12H22F3NO/c1-2-10(6-7-17)16-11-5-3-4-9(8-11)12(13,14)15/h9-11,16-17H,2-8H2,1H3. The third kappa shape index (κ3) is 4.84. The van der Waals surface area contributed by atoms with Gasteiger partial charge in [0.2, 0.25) is 0 Å². The first-order valence-electron chi connectivity index (χ1n) is 6.41. The Labute approximate surface area is 101 Å². The van der Waals surface area contributed by atoms with Crippen molar-refractivity contribution in [3.8, 4) is 0 Å². The quantitative estimate of drug-likeness (QED) is 0.789. The fourth-order valence-corrected chi connectivity index (χ4v) is 2.53. The summed E-state index contributed by atoms with van der Waals surface area (Å²) in [5, 5.41) is 12.1. The minimum Gasteiger partial charge on any atom is -0.396 e. The Balaban J connectivity index is 2.43. The molecule has 0 radical (unpaired) electrons. The number of aliphatic hydroxyl groups excluding tert-OH is 1. The van der Waals surface area contributed by atoms with E-state index in [9.17, 15) is 13.2 Å². The predicted molar refractivity (Wildman–Crippen MR) is 60.7 cm³/mol. The van der Waals surface area contributed by atoms with Crippen molar-refractivity contribution in [2.75, 3.05) is 6.61 Å². The molecule has 2 nitrogen and oxygen atoms in total. The Bertz CT molecular complexity index is 220. The van der Waals surface area contributed by atoms with Crippen LogP contribution >= 0.6 is 0 Å². The maximum absolute atomic E-state index is 12.6. The molecule has 0 spiro atoms. The summed E-state index contributed by atoms with van der Waals surface area (Å²) in [6.45, 7) is 2.07. The number of halogens is 3. The Kier molecular flexibility index (Phi) is 5.73. The van der Waals surface area contributed by atoms with Gasteiger partial charge in [-0.15, -0.1) is 0 Å². The maximum Gasteiger partial charge on any atom is 0.391 e. The highest BCUT2D eigenvalue weighted by molar-refractivity contribution is 4.83. The number of nitrogens with one attached hydrogen (secondary N) is 1. The fourth-order valence-electron chi connectivity index (χ4n) is 2.53. The molecule has 17 heavy (non-hydrogen) atoms. The van der Waals surface area contributed by atoms with Crippen LogP contribution in [0.15, 0.2) is 0 Å². The van der Waals surface area contributed by atoms with E-state index < -0.39 is 12.1 Å². The molecule has 0 aromatic heterocycles. The summed E-state index contributed by atoms with van der Waals surface area (Å²) < 4.78 is 37.8. The van der Waals surface area contributed by atoms with E-state index in [0.29, 0.717) is 12.8 Å². The fraction of sp³-hybridized carbons (Fsp3) is 1.00. The van der Waals surface area contributed by atoms with Crippen molar-refractivity contribution < 1.29 is 18.3 Å². The zero-order valence-electron chi connectivity index (χ0n) is 10.3. The Hall–Kier alpha value is -0.290. The molecule has 102 valence electrons. The molecule has 5 heteroatoms. The summed E-state index contributed by atoms with van der Waals surface area (Å²) in [4.78, 5) is 0. The molecular formula is C12H22F3NO. The average Bonchev–Trinajstić information content (AvgIpc) is 2.28. The van der Waals surface area contributed by atoms with E-state index in [2.05, 4.69) is 5.32 Å². The normalized spacial score (nSPS) is 28.1. The van der Waals surface area contributed by atoms with Gasteiger partial charge in [0, 0.05) is 18.7 Å². The van der Waals surface area contributed by atoms with Crippen LogP contribution in [0.2, 0.25) is 0 Å². The van der Waals surface area contributed by atoms with E-state index in [4.69, 9.17) is 5.11 Å². The number of hydrogen-bond donors (Lipinski definition) is 2. The van der Waals surface area contributed by atoms with Crippen LogP contribution in [0.5, 0.6) is 0 Å². The zero-order chi connectivity index (χ0) is 12.9. The summed E-state index contributed by atoms with van der Waals surface area (Å²) in [5.74, 6) is -1.15. The number of hydrogen-bond acceptors (Lipinski definition) is 2. The molecule has 1 fully saturated rings. The second kappa shape index (κ2) is 6.59. The average molecular weight is 253 g/mol. The van der Waals surface area contributed by atoms with Gasteiger partial charge < -0.3 is 10.4 Å². The number of alkyl halides is 3. The molecule has 1 saturated carbocycles. The van der Waals surface area contributed by atoms with Crippen LogP contribution in [0.3, 0.4) is 0 Å². The molecule has 0 bridgehead atoms. The molecule has 0 heterocycles. The Morgan fingerprint density at radius 2 is 2.06 bits per heavy atom. The highest BCUT2D eigenvalue weighted by Crippen LogP contribution is 2.37. The molecule has 0 aliphatic heterocycles. The van der Waals surface area contributed by atoms with Crippen LogP contribution in [-0.2, 0) is 0 Å². The first-order valence-corrected chi connectivity index (χ1v) is 6.41. The Morgan fingerprint density at radius 1 is 1.35 bits per heavy atom. The smallest absolute Gasteiger partial charge is 0.391 e. The molecule has 3 unspecified atom stereocenters. The third-order valence-electron chi connectivity index (χ3n) is 3.58. The van der Waals surface area contributed by atoms with Crippen molar-refractivity contribution in [3.63, 3.8) is 0 Å². The maximum atomic E-state index is 12.6. The van der Waals surface area contributed by atoms with E-state index in [1.807, 2.05) is 6.92 Å². The summed E-state index contributed by atoms with van der Waals surface area (Å²) in [5.41, 5.74) is 0. The van der Waals surface area contributed by atoms with E-state index >= 15 is 0 Å². The van der Waals surface area contributed by atoms with E-state index in [1.54, 1.807) is 0 Å². The van der Waals surface area contributed by atoms with Gasteiger partial charge in [-0.1, -0.05) is 13.3 Å².